The lowest BCUT2D eigenvalue weighted by molar-refractivity contribution is 0.532. The molecule has 3 aromatic heterocycles. The fraction of sp³-hybridized carbons (Fsp3) is 0.231. The molecule has 98 valence electrons. The maximum atomic E-state index is 5.90. The van der Waals surface area contributed by atoms with Crippen molar-refractivity contribution < 1.29 is 4.42 Å². The predicted molar refractivity (Wildman–Crippen MR) is 75.0 cm³/mol. The Morgan fingerprint density at radius 1 is 1.37 bits per heavy atom. The van der Waals surface area contributed by atoms with Crippen LogP contribution in [0.25, 0.3) is 22.1 Å². The lowest BCUT2D eigenvalue weighted by atomic mass is 10.1. The van der Waals surface area contributed by atoms with E-state index in [1.807, 2.05) is 10.9 Å². The molecule has 0 amide bonds. The minimum Gasteiger partial charge on any atom is -0.441 e. The number of furan rings is 1. The number of nitrogens with two attached hydrogens (primary N) is 1. The van der Waals surface area contributed by atoms with Crippen molar-refractivity contribution in [1.29, 1.82) is 0 Å². The van der Waals surface area contributed by atoms with Crippen LogP contribution in [0, 0.1) is 0 Å². The summed E-state index contributed by atoms with van der Waals surface area (Å²) < 4.78 is 7.25. The van der Waals surface area contributed by atoms with Gasteiger partial charge in [-0.1, -0.05) is 0 Å². The van der Waals surface area contributed by atoms with Gasteiger partial charge in [0.1, 0.15) is 0 Å². The highest BCUT2D eigenvalue weighted by Crippen LogP contribution is 2.34. The molecule has 3 rings (SSSR count). The van der Waals surface area contributed by atoms with Crippen LogP contribution < -0.4 is 5.73 Å². The summed E-state index contributed by atoms with van der Waals surface area (Å²) in [5.41, 5.74) is 8.17. The Morgan fingerprint density at radius 3 is 2.84 bits per heavy atom. The van der Waals surface area contributed by atoms with E-state index in [2.05, 4.69) is 23.9 Å². The highest BCUT2D eigenvalue weighted by atomic mass is 35.5. The summed E-state index contributed by atoms with van der Waals surface area (Å²) in [7, 11) is 0. The first-order chi connectivity index (χ1) is 9.06. The molecule has 2 N–H and O–H groups in total. The van der Waals surface area contributed by atoms with Crippen LogP contribution in [-0.4, -0.2) is 14.8 Å². The number of anilines is 1. The monoisotopic (exact) mass is 276 g/mol. The van der Waals surface area contributed by atoms with Gasteiger partial charge in [0.25, 0.3) is 0 Å². The third kappa shape index (κ3) is 1.96. The van der Waals surface area contributed by atoms with E-state index in [-0.39, 0.29) is 0 Å². The van der Waals surface area contributed by atoms with Gasteiger partial charge in [0.05, 0.1) is 6.20 Å². The number of nitrogens with zero attached hydrogens (tertiary/aromatic N) is 3. The van der Waals surface area contributed by atoms with Gasteiger partial charge in [-0.3, -0.25) is 4.68 Å². The Labute approximate surface area is 115 Å². The predicted octanol–water partition coefficient (Wildman–Crippen LogP) is 3.51. The lowest BCUT2D eigenvalue weighted by Crippen LogP contribution is -1.99. The number of hydrogen-bond donors (Lipinski definition) is 1. The summed E-state index contributed by atoms with van der Waals surface area (Å²) in [5.74, 6) is 0.335. The first kappa shape index (κ1) is 12.0. The molecule has 0 unspecified atom stereocenters. The van der Waals surface area contributed by atoms with E-state index in [0.717, 1.165) is 16.5 Å². The molecule has 19 heavy (non-hydrogen) atoms. The first-order valence-corrected chi connectivity index (χ1v) is 6.32. The molecule has 0 aliphatic rings. The SMILES string of the molecule is CC(C)n1cc(-c2cnc(N)c3oc(Cl)cc23)cn1. The summed E-state index contributed by atoms with van der Waals surface area (Å²) in [4.78, 5) is 4.14. The number of nitrogen functional groups attached to an aromatic ring is 1. The van der Waals surface area contributed by atoms with Crippen LogP contribution in [0.2, 0.25) is 5.22 Å². The molecule has 3 aromatic rings. The van der Waals surface area contributed by atoms with E-state index in [1.165, 1.54) is 0 Å². The van der Waals surface area contributed by atoms with Crippen molar-refractivity contribution >= 4 is 28.4 Å². The minimum absolute atomic E-state index is 0.298. The van der Waals surface area contributed by atoms with Gasteiger partial charge in [-0.05, 0) is 25.4 Å². The van der Waals surface area contributed by atoms with Crippen molar-refractivity contribution in [2.45, 2.75) is 19.9 Å². The second-order valence-corrected chi connectivity index (χ2v) is 5.03. The molecule has 5 nitrogen and oxygen atoms in total. The molecule has 0 aromatic carbocycles. The quantitative estimate of drug-likeness (QED) is 0.777. The Morgan fingerprint density at radius 2 is 2.16 bits per heavy atom. The third-order valence-corrected chi connectivity index (χ3v) is 3.19. The summed E-state index contributed by atoms with van der Waals surface area (Å²) in [5, 5.41) is 5.47. The number of fused-ring (bicyclic) bond motifs is 1. The number of halogens is 1. The molecule has 6 heteroatoms. The Bertz CT molecular complexity index is 744. The van der Waals surface area contributed by atoms with Crippen LogP contribution in [0.5, 0.6) is 0 Å². The fourth-order valence-electron chi connectivity index (χ4n) is 2.00. The molecular formula is C13H13ClN4O. The summed E-state index contributed by atoms with van der Waals surface area (Å²) in [6.45, 7) is 4.14. The molecule has 3 heterocycles. The second kappa shape index (κ2) is 4.28. The van der Waals surface area contributed by atoms with Crippen LogP contribution in [0.4, 0.5) is 5.82 Å². The number of pyridine rings is 1. The lowest BCUT2D eigenvalue weighted by Gasteiger charge is -2.03. The van der Waals surface area contributed by atoms with Gasteiger partial charge in [-0.25, -0.2) is 4.98 Å². The highest BCUT2D eigenvalue weighted by Gasteiger charge is 2.14. The largest absolute Gasteiger partial charge is 0.441 e. The zero-order chi connectivity index (χ0) is 13.6. The molecule has 0 aliphatic heterocycles. The van der Waals surface area contributed by atoms with E-state index < -0.39 is 0 Å². The van der Waals surface area contributed by atoms with Crippen LogP contribution in [0.3, 0.4) is 0 Å². The molecule has 0 bridgehead atoms. The molecule has 0 radical (unpaired) electrons. The van der Waals surface area contributed by atoms with E-state index in [0.29, 0.717) is 22.7 Å². The normalized spacial score (nSPS) is 11.6. The highest BCUT2D eigenvalue weighted by molar-refractivity contribution is 6.30. The van der Waals surface area contributed by atoms with Crippen LogP contribution in [-0.2, 0) is 0 Å². The van der Waals surface area contributed by atoms with E-state index >= 15 is 0 Å². The standard InChI is InChI=1S/C13H13ClN4O/c1-7(2)18-6-8(4-17-18)10-5-16-13(15)12-9(10)3-11(14)19-12/h3-7H,1-2H3,(H2,15,16). The van der Waals surface area contributed by atoms with Crippen molar-refractivity contribution in [1.82, 2.24) is 14.8 Å². The minimum atomic E-state index is 0.298. The van der Waals surface area contributed by atoms with Gasteiger partial charge in [-0.15, -0.1) is 0 Å². The maximum Gasteiger partial charge on any atom is 0.194 e. The molecule has 0 spiro atoms. The van der Waals surface area contributed by atoms with Crippen LogP contribution in [0.1, 0.15) is 19.9 Å². The van der Waals surface area contributed by atoms with Crippen molar-refractivity contribution in [2.75, 3.05) is 5.73 Å². The van der Waals surface area contributed by atoms with E-state index in [9.17, 15) is 0 Å². The molecule has 0 atom stereocenters. The Hall–Kier alpha value is -2.01. The maximum absolute atomic E-state index is 5.90. The Kier molecular flexibility index (Phi) is 2.71. The van der Waals surface area contributed by atoms with Gasteiger partial charge in [-0.2, -0.15) is 5.10 Å². The second-order valence-electron chi connectivity index (χ2n) is 4.65. The zero-order valence-corrected chi connectivity index (χ0v) is 11.3. The summed E-state index contributed by atoms with van der Waals surface area (Å²) >= 11 is 5.90. The molecule has 0 saturated heterocycles. The van der Waals surface area contributed by atoms with Gasteiger partial charge < -0.3 is 10.2 Å². The molecular weight excluding hydrogens is 264 g/mol. The summed E-state index contributed by atoms with van der Waals surface area (Å²) in [6, 6.07) is 2.05. The average molecular weight is 277 g/mol. The van der Waals surface area contributed by atoms with Crippen molar-refractivity contribution in [3.63, 3.8) is 0 Å². The van der Waals surface area contributed by atoms with Gasteiger partial charge in [0, 0.05) is 41.0 Å². The van der Waals surface area contributed by atoms with Crippen LogP contribution in [0.15, 0.2) is 29.1 Å². The smallest absolute Gasteiger partial charge is 0.194 e. The van der Waals surface area contributed by atoms with Crippen molar-refractivity contribution in [2.24, 2.45) is 0 Å². The van der Waals surface area contributed by atoms with Crippen LogP contribution >= 0.6 is 11.6 Å². The van der Waals surface area contributed by atoms with Gasteiger partial charge in [0.15, 0.2) is 16.6 Å². The molecule has 0 aliphatic carbocycles. The van der Waals surface area contributed by atoms with Crippen molar-refractivity contribution in [3.05, 3.63) is 29.9 Å². The molecule has 0 fully saturated rings. The van der Waals surface area contributed by atoms with E-state index in [1.54, 1.807) is 18.5 Å². The van der Waals surface area contributed by atoms with Crippen molar-refractivity contribution in [3.8, 4) is 11.1 Å². The van der Waals surface area contributed by atoms with Gasteiger partial charge >= 0.3 is 0 Å². The average Bonchev–Trinajstić information content (AvgIpc) is 2.96. The topological polar surface area (TPSA) is 69.9 Å². The fourth-order valence-corrected chi connectivity index (χ4v) is 2.19. The number of aromatic nitrogens is 3. The summed E-state index contributed by atoms with van der Waals surface area (Å²) in [6.07, 6.45) is 5.48. The number of hydrogen-bond acceptors (Lipinski definition) is 4. The van der Waals surface area contributed by atoms with E-state index in [4.69, 9.17) is 21.8 Å². The first-order valence-electron chi connectivity index (χ1n) is 5.94. The van der Waals surface area contributed by atoms with Gasteiger partial charge in [0.2, 0.25) is 0 Å². The molecule has 0 saturated carbocycles. The Balaban J connectivity index is 2.21. The third-order valence-electron chi connectivity index (χ3n) is 3.00. The zero-order valence-electron chi connectivity index (χ0n) is 10.6. The number of rotatable bonds is 2.